The molecule has 8 heteroatoms. The van der Waals surface area contributed by atoms with E-state index in [1.54, 1.807) is 6.07 Å². The Hall–Kier alpha value is -2.48. The molecule has 0 aromatic heterocycles. The average Bonchev–Trinajstić information content (AvgIpc) is 2.50. The van der Waals surface area contributed by atoms with Gasteiger partial charge >= 0.3 is 0 Å². The lowest BCUT2D eigenvalue weighted by molar-refractivity contribution is -0.384. The summed E-state index contributed by atoms with van der Waals surface area (Å²) in [6.07, 6.45) is -0.982. The van der Waals surface area contributed by atoms with Crippen molar-refractivity contribution in [2.75, 3.05) is 5.32 Å². The number of carbonyl (C=O) groups excluding carboxylic acids is 1. The number of halogens is 2. The van der Waals surface area contributed by atoms with Crippen LogP contribution in [0.4, 0.5) is 15.8 Å². The van der Waals surface area contributed by atoms with Crippen LogP contribution in [0.2, 0.25) is 0 Å². The fourth-order valence-electron chi connectivity index (χ4n) is 1.76. The van der Waals surface area contributed by atoms with Gasteiger partial charge in [-0.25, -0.2) is 4.39 Å². The van der Waals surface area contributed by atoms with Gasteiger partial charge in [0.25, 0.3) is 11.6 Å². The molecule has 0 heterocycles. The van der Waals surface area contributed by atoms with Gasteiger partial charge in [-0.05, 0) is 31.2 Å². The van der Waals surface area contributed by atoms with Crippen molar-refractivity contribution in [1.29, 1.82) is 0 Å². The molecule has 1 atom stereocenters. The van der Waals surface area contributed by atoms with E-state index in [0.29, 0.717) is 4.47 Å². The first-order valence-corrected chi connectivity index (χ1v) is 7.33. The largest absolute Gasteiger partial charge is 0.478 e. The summed E-state index contributed by atoms with van der Waals surface area (Å²) in [4.78, 5) is 22.2. The molecule has 0 radical (unpaired) electrons. The number of nitrogens with one attached hydrogen (secondary N) is 1. The highest BCUT2D eigenvalue weighted by Gasteiger charge is 2.18. The summed E-state index contributed by atoms with van der Waals surface area (Å²) >= 11 is 3.12. The van der Waals surface area contributed by atoms with Gasteiger partial charge in [0.15, 0.2) is 17.7 Å². The summed E-state index contributed by atoms with van der Waals surface area (Å²) in [6.45, 7) is 1.45. The van der Waals surface area contributed by atoms with E-state index >= 15 is 0 Å². The van der Waals surface area contributed by atoms with Crippen molar-refractivity contribution in [3.63, 3.8) is 0 Å². The second kappa shape index (κ2) is 7.19. The quantitative estimate of drug-likeness (QED) is 0.627. The van der Waals surface area contributed by atoms with Crippen LogP contribution in [0.15, 0.2) is 46.9 Å². The van der Waals surface area contributed by atoms with Gasteiger partial charge in [0.1, 0.15) is 0 Å². The van der Waals surface area contributed by atoms with E-state index in [9.17, 15) is 19.3 Å². The molecule has 2 rings (SSSR count). The Bertz CT molecular complexity index is 754. The summed E-state index contributed by atoms with van der Waals surface area (Å²) in [7, 11) is 0. The lowest BCUT2D eigenvalue weighted by Crippen LogP contribution is -2.30. The molecule has 0 spiro atoms. The van der Waals surface area contributed by atoms with E-state index in [1.807, 2.05) is 0 Å². The lowest BCUT2D eigenvalue weighted by atomic mass is 10.2. The Morgan fingerprint density at radius 1 is 1.35 bits per heavy atom. The van der Waals surface area contributed by atoms with Gasteiger partial charge < -0.3 is 10.1 Å². The van der Waals surface area contributed by atoms with Crippen molar-refractivity contribution >= 4 is 33.2 Å². The number of nitrogens with zero attached hydrogens (tertiary/aromatic N) is 1. The van der Waals surface area contributed by atoms with Crippen LogP contribution in [0, 0.1) is 15.9 Å². The standard InChI is InChI=1S/C15H12BrFN2O4/c1-9(23-14-6-5-10(16)7-13(14)17)15(20)18-11-3-2-4-12(8-11)19(21)22/h2-9H,1H3,(H,18,20)/t9-/m0/s1. The summed E-state index contributed by atoms with van der Waals surface area (Å²) < 4.78 is 19.5. The zero-order valence-electron chi connectivity index (χ0n) is 12.0. The van der Waals surface area contributed by atoms with Crippen molar-refractivity contribution in [2.24, 2.45) is 0 Å². The molecule has 2 aromatic carbocycles. The number of nitro groups is 1. The highest BCUT2D eigenvalue weighted by atomic mass is 79.9. The first-order valence-electron chi connectivity index (χ1n) is 6.54. The van der Waals surface area contributed by atoms with E-state index in [-0.39, 0.29) is 17.1 Å². The molecule has 6 nitrogen and oxygen atoms in total. The number of carbonyl (C=O) groups is 1. The number of rotatable bonds is 5. The van der Waals surface area contributed by atoms with Gasteiger partial charge in [-0.15, -0.1) is 0 Å². The lowest BCUT2D eigenvalue weighted by Gasteiger charge is -2.15. The number of amides is 1. The number of hydrogen-bond donors (Lipinski definition) is 1. The SMILES string of the molecule is C[C@H](Oc1ccc(Br)cc1F)C(=O)Nc1cccc([N+](=O)[O-])c1. The molecule has 0 fully saturated rings. The van der Waals surface area contributed by atoms with Crippen molar-refractivity contribution in [1.82, 2.24) is 0 Å². The molecule has 0 aliphatic rings. The fraction of sp³-hybridized carbons (Fsp3) is 0.133. The maximum Gasteiger partial charge on any atom is 0.271 e. The van der Waals surface area contributed by atoms with Crippen LogP contribution >= 0.6 is 15.9 Å². The number of nitro benzene ring substituents is 1. The van der Waals surface area contributed by atoms with Crippen molar-refractivity contribution < 1.29 is 18.8 Å². The summed E-state index contributed by atoms with van der Waals surface area (Å²) in [5, 5.41) is 13.2. The third kappa shape index (κ3) is 4.49. The van der Waals surface area contributed by atoms with Crippen molar-refractivity contribution in [3.05, 3.63) is 62.9 Å². The first kappa shape index (κ1) is 16.9. The molecule has 0 aliphatic carbocycles. The zero-order valence-corrected chi connectivity index (χ0v) is 13.5. The molecule has 23 heavy (non-hydrogen) atoms. The smallest absolute Gasteiger partial charge is 0.271 e. The van der Waals surface area contributed by atoms with E-state index in [1.165, 1.54) is 43.3 Å². The predicted molar refractivity (Wildman–Crippen MR) is 85.9 cm³/mol. The van der Waals surface area contributed by atoms with Gasteiger partial charge in [-0.2, -0.15) is 0 Å². The van der Waals surface area contributed by atoms with Gasteiger partial charge in [0, 0.05) is 22.3 Å². The number of benzene rings is 2. The van der Waals surface area contributed by atoms with Gasteiger partial charge in [-0.3, -0.25) is 14.9 Å². The third-order valence-electron chi connectivity index (χ3n) is 2.89. The van der Waals surface area contributed by atoms with E-state index in [0.717, 1.165) is 0 Å². The average molecular weight is 383 g/mol. The zero-order chi connectivity index (χ0) is 17.0. The summed E-state index contributed by atoms with van der Waals surface area (Å²) in [6, 6.07) is 9.71. The number of non-ortho nitro benzene ring substituents is 1. The number of anilines is 1. The number of hydrogen-bond acceptors (Lipinski definition) is 4. The topological polar surface area (TPSA) is 81.5 Å². The van der Waals surface area contributed by atoms with Crippen LogP contribution in [0.5, 0.6) is 5.75 Å². The monoisotopic (exact) mass is 382 g/mol. The Morgan fingerprint density at radius 2 is 2.09 bits per heavy atom. The molecular formula is C15H12BrFN2O4. The summed E-state index contributed by atoms with van der Waals surface area (Å²) in [5.41, 5.74) is 0.117. The molecule has 120 valence electrons. The maximum atomic E-state index is 13.7. The highest BCUT2D eigenvalue weighted by molar-refractivity contribution is 9.10. The van der Waals surface area contributed by atoms with Crippen LogP contribution < -0.4 is 10.1 Å². The van der Waals surface area contributed by atoms with Crippen molar-refractivity contribution in [2.45, 2.75) is 13.0 Å². The molecule has 1 amide bonds. The second-order valence-corrected chi connectivity index (χ2v) is 5.55. The Kier molecular flexibility index (Phi) is 5.28. The first-order chi connectivity index (χ1) is 10.9. The minimum absolute atomic E-state index is 0.0603. The molecule has 0 aliphatic heterocycles. The second-order valence-electron chi connectivity index (χ2n) is 4.63. The molecule has 2 aromatic rings. The van der Waals surface area contributed by atoms with Crippen LogP contribution in [0.3, 0.4) is 0 Å². The van der Waals surface area contributed by atoms with Crippen LogP contribution in [-0.2, 0) is 4.79 Å². The van der Waals surface area contributed by atoms with Gasteiger partial charge in [-0.1, -0.05) is 22.0 Å². The van der Waals surface area contributed by atoms with E-state index < -0.39 is 22.8 Å². The molecule has 0 saturated heterocycles. The highest BCUT2D eigenvalue weighted by Crippen LogP contribution is 2.23. The Labute approximate surface area is 139 Å². The molecular weight excluding hydrogens is 371 g/mol. The van der Waals surface area contributed by atoms with Gasteiger partial charge in [0.05, 0.1) is 4.92 Å². The molecule has 0 bridgehead atoms. The predicted octanol–water partition coefficient (Wildman–Crippen LogP) is 3.90. The maximum absolute atomic E-state index is 13.7. The molecule has 0 saturated carbocycles. The van der Waals surface area contributed by atoms with Crippen LogP contribution in [0.25, 0.3) is 0 Å². The van der Waals surface area contributed by atoms with Crippen LogP contribution in [0.1, 0.15) is 6.92 Å². The van der Waals surface area contributed by atoms with E-state index in [2.05, 4.69) is 21.2 Å². The van der Waals surface area contributed by atoms with E-state index in [4.69, 9.17) is 4.74 Å². The van der Waals surface area contributed by atoms with Crippen molar-refractivity contribution in [3.8, 4) is 5.75 Å². The minimum Gasteiger partial charge on any atom is -0.478 e. The third-order valence-corrected chi connectivity index (χ3v) is 3.38. The normalized spacial score (nSPS) is 11.6. The summed E-state index contributed by atoms with van der Waals surface area (Å²) in [5.74, 6) is -1.21. The molecule has 1 N–H and O–H groups in total. The Morgan fingerprint density at radius 3 is 2.74 bits per heavy atom. The molecule has 0 unspecified atom stereocenters. The Balaban J connectivity index is 2.05. The van der Waals surface area contributed by atoms with Gasteiger partial charge in [0.2, 0.25) is 0 Å². The van der Waals surface area contributed by atoms with Crippen LogP contribution in [-0.4, -0.2) is 16.9 Å². The number of ether oxygens (including phenoxy) is 1. The fourth-order valence-corrected chi connectivity index (χ4v) is 2.09. The minimum atomic E-state index is -0.982.